The Balaban J connectivity index is 1.95. The highest BCUT2D eigenvalue weighted by Crippen LogP contribution is 2.29. The van der Waals surface area contributed by atoms with Crippen LogP contribution in [-0.2, 0) is 9.59 Å². The predicted octanol–water partition coefficient (Wildman–Crippen LogP) is 1.44. The summed E-state index contributed by atoms with van der Waals surface area (Å²) in [7, 11) is 0. The number of aliphatic carboxylic acids is 1. The second kappa shape index (κ2) is 6.42. The van der Waals surface area contributed by atoms with Crippen molar-refractivity contribution < 1.29 is 24.4 Å². The Morgan fingerprint density at radius 1 is 1.41 bits per heavy atom. The van der Waals surface area contributed by atoms with Crippen molar-refractivity contribution in [2.75, 3.05) is 6.61 Å². The molecule has 1 fully saturated rings. The normalized spacial score (nSPS) is 15.0. The Bertz CT molecular complexity index is 582. The van der Waals surface area contributed by atoms with Crippen LogP contribution in [0.5, 0.6) is 5.75 Å². The first kappa shape index (κ1) is 15.7. The van der Waals surface area contributed by atoms with Crippen LogP contribution in [0.25, 0.3) is 0 Å². The van der Waals surface area contributed by atoms with Crippen molar-refractivity contribution in [1.29, 1.82) is 0 Å². The number of hydrogen-bond acceptors (Lipinski definition) is 5. The average molecular weight is 308 g/mol. The first-order valence-electron chi connectivity index (χ1n) is 6.81. The van der Waals surface area contributed by atoms with Gasteiger partial charge in [0.25, 0.3) is 11.6 Å². The number of nitro benzene ring substituents is 1. The Morgan fingerprint density at radius 3 is 2.45 bits per heavy atom. The van der Waals surface area contributed by atoms with E-state index >= 15 is 0 Å². The van der Waals surface area contributed by atoms with Crippen LogP contribution in [0.4, 0.5) is 5.69 Å². The smallest absolute Gasteiger partial charge is 0.326 e. The molecule has 0 radical (unpaired) electrons. The van der Waals surface area contributed by atoms with Crippen molar-refractivity contribution in [3.05, 3.63) is 34.4 Å². The van der Waals surface area contributed by atoms with E-state index in [9.17, 15) is 19.7 Å². The van der Waals surface area contributed by atoms with Gasteiger partial charge in [-0.15, -0.1) is 0 Å². The maximum atomic E-state index is 12.1. The van der Waals surface area contributed by atoms with Gasteiger partial charge in [0.1, 0.15) is 11.8 Å². The second-order valence-corrected chi connectivity index (χ2v) is 5.09. The van der Waals surface area contributed by atoms with E-state index in [0.29, 0.717) is 5.75 Å². The molecule has 1 aliphatic carbocycles. The van der Waals surface area contributed by atoms with E-state index in [1.807, 2.05) is 0 Å². The van der Waals surface area contributed by atoms with E-state index in [1.165, 1.54) is 36.1 Å². The highest BCUT2D eigenvalue weighted by Gasteiger charge is 2.38. The first-order valence-corrected chi connectivity index (χ1v) is 6.81. The van der Waals surface area contributed by atoms with E-state index in [1.54, 1.807) is 0 Å². The summed E-state index contributed by atoms with van der Waals surface area (Å²) < 4.78 is 5.28. The molecule has 0 bridgehead atoms. The summed E-state index contributed by atoms with van der Waals surface area (Å²) in [6.07, 6.45) is 1.59. The van der Waals surface area contributed by atoms with E-state index in [0.717, 1.165) is 12.8 Å². The molecule has 118 valence electrons. The number of rotatable bonds is 7. The van der Waals surface area contributed by atoms with Gasteiger partial charge in [-0.25, -0.2) is 4.79 Å². The standard InChI is InChI=1S/C14H16N2O6/c1-9(14(18)19)15(10-2-3-10)13(17)8-22-12-6-4-11(5-7-12)16(20)21/h4-7,9-10H,2-3,8H2,1H3,(H,18,19). The summed E-state index contributed by atoms with van der Waals surface area (Å²) in [5.74, 6) is -1.15. The van der Waals surface area contributed by atoms with Gasteiger partial charge in [-0.1, -0.05) is 0 Å². The number of nitro groups is 1. The number of carbonyl (C=O) groups is 2. The van der Waals surface area contributed by atoms with Crippen LogP contribution in [0.2, 0.25) is 0 Å². The fourth-order valence-corrected chi connectivity index (χ4v) is 2.09. The minimum atomic E-state index is -1.06. The Labute approximate surface area is 126 Å². The molecule has 0 heterocycles. The summed E-state index contributed by atoms with van der Waals surface area (Å²) in [4.78, 5) is 34.5. The summed E-state index contributed by atoms with van der Waals surface area (Å²) >= 11 is 0. The molecule has 1 aliphatic rings. The molecule has 1 atom stereocenters. The lowest BCUT2D eigenvalue weighted by Gasteiger charge is -2.26. The summed E-state index contributed by atoms with van der Waals surface area (Å²) in [5.41, 5.74) is -0.0715. The van der Waals surface area contributed by atoms with Crippen LogP contribution in [0.3, 0.4) is 0 Å². The molecule has 1 N–H and O–H groups in total. The molecule has 8 nitrogen and oxygen atoms in total. The largest absolute Gasteiger partial charge is 0.484 e. The number of carboxylic acid groups (broad SMARTS) is 1. The summed E-state index contributed by atoms with van der Waals surface area (Å²) in [6, 6.07) is 4.40. The van der Waals surface area contributed by atoms with E-state index in [2.05, 4.69) is 0 Å². The third-order valence-corrected chi connectivity index (χ3v) is 3.41. The number of carboxylic acids is 1. The van der Waals surface area contributed by atoms with Gasteiger partial charge in [0.15, 0.2) is 6.61 Å². The molecule has 0 aromatic heterocycles. The lowest BCUT2D eigenvalue weighted by molar-refractivity contribution is -0.384. The number of benzene rings is 1. The summed E-state index contributed by atoms with van der Waals surface area (Å²) in [6.45, 7) is 1.16. The third kappa shape index (κ3) is 3.72. The molecule has 1 unspecified atom stereocenters. The van der Waals surface area contributed by atoms with Crippen molar-refractivity contribution in [3.63, 3.8) is 0 Å². The quantitative estimate of drug-likeness (QED) is 0.603. The van der Waals surface area contributed by atoms with E-state index in [-0.39, 0.29) is 18.3 Å². The maximum absolute atomic E-state index is 12.1. The van der Waals surface area contributed by atoms with Crippen molar-refractivity contribution in [1.82, 2.24) is 4.90 Å². The molecule has 1 aromatic rings. The second-order valence-electron chi connectivity index (χ2n) is 5.09. The fourth-order valence-electron chi connectivity index (χ4n) is 2.09. The van der Waals surface area contributed by atoms with Gasteiger partial charge in [0.05, 0.1) is 4.92 Å². The molecular weight excluding hydrogens is 292 g/mol. The summed E-state index contributed by atoms with van der Waals surface area (Å²) in [5, 5.41) is 19.6. The number of non-ortho nitro benzene ring substituents is 1. The molecular formula is C14H16N2O6. The zero-order valence-corrected chi connectivity index (χ0v) is 12.0. The maximum Gasteiger partial charge on any atom is 0.326 e. The molecule has 8 heteroatoms. The van der Waals surface area contributed by atoms with Gasteiger partial charge in [0, 0.05) is 18.2 Å². The minimum absolute atomic E-state index is 0.0425. The molecule has 1 amide bonds. The lowest BCUT2D eigenvalue weighted by atomic mass is 10.2. The molecule has 0 spiro atoms. The SMILES string of the molecule is CC(C(=O)O)N(C(=O)COc1ccc([N+](=O)[O-])cc1)C1CC1. The first-order chi connectivity index (χ1) is 10.4. The highest BCUT2D eigenvalue weighted by molar-refractivity contribution is 5.84. The van der Waals surface area contributed by atoms with Crippen molar-refractivity contribution in [3.8, 4) is 5.75 Å². The predicted molar refractivity (Wildman–Crippen MR) is 75.6 cm³/mol. The number of amides is 1. The van der Waals surface area contributed by atoms with Gasteiger partial charge in [-0.2, -0.15) is 0 Å². The number of carbonyl (C=O) groups excluding carboxylic acids is 1. The van der Waals surface area contributed by atoms with Gasteiger partial charge in [0.2, 0.25) is 0 Å². The van der Waals surface area contributed by atoms with Crippen LogP contribution >= 0.6 is 0 Å². The zero-order valence-electron chi connectivity index (χ0n) is 12.0. The molecule has 2 rings (SSSR count). The monoisotopic (exact) mass is 308 g/mol. The van der Waals surface area contributed by atoms with Crippen LogP contribution in [-0.4, -0.2) is 45.5 Å². The highest BCUT2D eigenvalue weighted by atomic mass is 16.6. The van der Waals surface area contributed by atoms with Crippen molar-refractivity contribution >= 4 is 17.6 Å². The van der Waals surface area contributed by atoms with Gasteiger partial charge < -0.3 is 14.7 Å². The Kier molecular flexibility index (Phi) is 4.59. The Morgan fingerprint density at radius 2 is 2.00 bits per heavy atom. The topological polar surface area (TPSA) is 110 Å². The van der Waals surface area contributed by atoms with E-state index < -0.39 is 22.8 Å². The molecule has 1 aromatic carbocycles. The molecule has 0 aliphatic heterocycles. The Hall–Kier alpha value is -2.64. The van der Waals surface area contributed by atoms with Gasteiger partial charge in [-0.3, -0.25) is 14.9 Å². The third-order valence-electron chi connectivity index (χ3n) is 3.41. The number of nitrogens with zero attached hydrogens (tertiary/aromatic N) is 2. The van der Waals surface area contributed by atoms with Crippen LogP contribution in [0.1, 0.15) is 19.8 Å². The minimum Gasteiger partial charge on any atom is -0.484 e. The fraction of sp³-hybridized carbons (Fsp3) is 0.429. The molecule has 22 heavy (non-hydrogen) atoms. The van der Waals surface area contributed by atoms with Crippen LogP contribution in [0.15, 0.2) is 24.3 Å². The lowest BCUT2D eigenvalue weighted by Crippen LogP contribution is -2.46. The van der Waals surface area contributed by atoms with E-state index in [4.69, 9.17) is 9.84 Å². The molecule has 0 saturated heterocycles. The van der Waals surface area contributed by atoms with Crippen LogP contribution in [0, 0.1) is 10.1 Å². The number of ether oxygens (including phenoxy) is 1. The van der Waals surface area contributed by atoms with Gasteiger partial charge in [-0.05, 0) is 31.9 Å². The zero-order chi connectivity index (χ0) is 16.3. The molecule has 1 saturated carbocycles. The number of hydrogen-bond donors (Lipinski definition) is 1. The van der Waals surface area contributed by atoms with Crippen molar-refractivity contribution in [2.45, 2.75) is 31.8 Å². The van der Waals surface area contributed by atoms with Crippen molar-refractivity contribution in [2.24, 2.45) is 0 Å². The van der Waals surface area contributed by atoms with Gasteiger partial charge >= 0.3 is 5.97 Å². The average Bonchev–Trinajstić information content (AvgIpc) is 3.30. The van der Waals surface area contributed by atoms with Crippen LogP contribution < -0.4 is 4.74 Å².